The zero-order valence-corrected chi connectivity index (χ0v) is 11.0. The summed E-state index contributed by atoms with van der Waals surface area (Å²) >= 11 is 0. The lowest BCUT2D eigenvalue weighted by molar-refractivity contribution is 0.0275. The molecule has 2 nitrogen and oxygen atoms in total. The maximum atomic E-state index is 6.40. The van der Waals surface area contributed by atoms with Crippen LogP contribution in [0.3, 0.4) is 0 Å². The molecule has 2 rings (SSSR count). The minimum atomic E-state index is -0.0333. The minimum Gasteiger partial charge on any atom is -0.372 e. The summed E-state index contributed by atoms with van der Waals surface area (Å²) < 4.78 is 6.05. The molecule has 0 aromatic heterocycles. The first-order valence-electron chi connectivity index (χ1n) is 7.36. The number of rotatable bonds is 3. The van der Waals surface area contributed by atoms with Gasteiger partial charge in [-0.2, -0.15) is 0 Å². The van der Waals surface area contributed by atoms with Gasteiger partial charge in [-0.3, -0.25) is 0 Å². The SMILES string of the molecule is NC1(COC2/C=C/CCCCC2)CCCCC1. The van der Waals surface area contributed by atoms with Crippen LogP contribution >= 0.6 is 0 Å². The van der Waals surface area contributed by atoms with Crippen molar-refractivity contribution in [1.82, 2.24) is 0 Å². The Morgan fingerprint density at radius 1 is 1.06 bits per heavy atom. The van der Waals surface area contributed by atoms with Crippen LogP contribution in [-0.4, -0.2) is 18.2 Å². The average Bonchev–Trinajstić information content (AvgIpc) is 2.28. The smallest absolute Gasteiger partial charge is 0.0756 e. The Bertz CT molecular complexity index is 243. The minimum absolute atomic E-state index is 0.0333. The lowest BCUT2D eigenvalue weighted by Crippen LogP contribution is -2.46. The van der Waals surface area contributed by atoms with Crippen molar-refractivity contribution in [3.63, 3.8) is 0 Å². The molecule has 1 atom stereocenters. The number of hydrogen-bond acceptors (Lipinski definition) is 2. The molecule has 0 aliphatic heterocycles. The van der Waals surface area contributed by atoms with Crippen LogP contribution in [0.4, 0.5) is 0 Å². The van der Waals surface area contributed by atoms with Gasteiger partial charge in [0.25, 0.3) is 0 Å². The lowest BCUT2D eigenvalue weighted by atomic mass is 9.83. The van der Waals surface area contributed by atoms with Gasteiger partial charge in [0.1, 0.15) is 0 Å². The maximum absolute atomic E-state index is 6.40. The van der Waals surface area contributed by atoms with E-state index < -0.39 is 0 Å². The molecule has 0 saturated heterocycles. The average molecular weight is 237 g/mol. The molecule has 1 unspecified atom stereocenters. The Kier molecular flexibility index (Phi) is 5.05. The third-order valence-electron chi connectivity index (χ3n) is 4.14. The summed E-state index contributed by atoms with van der Waals surface area (Å²) in [5, 5.41) is 0. The van der Waals surface area contributed by atoms with E-state index >= 15 is 0 Å². The van der Waals surface area contributed by atoms with Crippen molar-refractivity contribution in [3.05, 3.63) is 12.2 Å². The van der Waals surface area contributed by atoms with E-state index in [2.05, 4.69) is 12.2 Å². The summed E-state index contributed by atoms with van der Waals surface area (Å²) in [4.78, 5) is 0. The van der Waals surface area contributed by atoms with Crippen LogP contribution < -0.4 is 5.73 Å². The molecular formula is C15H27NO. The summed E-state index contributed by atoms with van der Waals surface area (Å²) in [7, 11) is 0. The van der Waals surface area contributed by atoms with Gasteiger partial charge in [0.15, 0.2) is 0 Å². The van der Waals surface area contributed by atoms with Crippen LogP contribution in [0.5, 0.6) is 0 Å². The van der Waals surface area contributed by atoms with Crippen molar-refractivity contribution in [2.24, 2.45) is 5.73 Å². The summed E-state index contributed by atoms with van der Waals surface area (Å²) in [5.74, 6) is 0. The molecule has 1 fully saturated rings. The quantitative estimate of drug-likeness (QED) is 0.762. The van der Waals surface area contributed by atoms with Crippen LogP contribution in [0, 0.1) is 0 Å². The van der Waals surface area contributed by atoms with E-state index in [-0.39, 0.29) is 5.54 Å². The van der Waals surface area contributed by atoms with E-state index in [1.54, 1.807) is 0 Å². The highest BCUT2D eigenvalue weighted by Crippen LogP contribution is 2.27. The number of hydrogen-bond donors (Lipinski definition) is 1. The van der Waals surface area contributed by atoms with Gasteiger partial charge < -0.3 is 10.5 Å². The highest BCUT2D eigenvalue weighted by Gasteiger charge is 2.28. The van der Waals surface area contributed by atoms with Crippen molar-refractivity contribution < 1.29 is 4.74 Å². The van der Waals surface area contributed by atoms with Gasteiger partial charge in [0, 0.05) is 5.54 Å². The van der Waals surface area contributed by atoms with E-state index in [0.29, 0.717) is 6.10 Å². The zero-order chi connectivity index (χ0) is 12.0. The van der Waals surface area contributed by atoms with Crippen molar-refractivity contribution in [2.45, 2.75) is 75.9 Å². The molecule has 0 heterocycles. The topological polar surface area (TPSA) is 35.2 Å². The summed E-state index contributed by atoms with van der Waals surface area (Å²) in [6.45, 7) is 0.752. The van der Waals surface area contributed by atoms with Crippen molar-refractivity contribution >= 4 is 0 Å². The number of ether oxygens (including phenoxy) is 1. The summed E-state index contributed by atoms with van der Waals surface area (Å²) in [5.41, 5.74) is 6.36. The zero-order valence-electron chi connectivity index (χ0n) is 11.0. The Hall–Kier alpha value is -0.340. The first-order chi connectivity index (χ1) is 8.29. The van der Waals surface area contributed by atoms with Gasteiger partial charge >= 0.3 is 0 Å². The molecule has 2 heteroatoms. The van der Waals surface area contributed by atoms with E-state index in [4.69, 9.17) is 10.5 Å². The highest BCUT2D eigenvalue weighted by molar-refractivity contribution is 4.93. The normalized spacial score (nSPS) is 31.5. The molecule has 1 saturated carbocycles. The predicted octanol–water partition coefficient (Wildman–Crippen LogP) is 3.55. The molecule has 0 bridgehead atoms. The molecule has 0 amide bonds. The van der Waals surface area contributed by atoms with Crippen LogP contribution in [-0.2, 0) is 4.74 Å². The van der Waals surface area contributed by atoms with Gasteiger partial charge in [-0.1, -0.05) is 44.3 Å². The number of nitrogens with two attached hydrogens (primary N) is 1. The van der Waals surface area contributed by atoms with E-state index in [1.807, 2.05) is 0 Å². The Labute approximate surface area is 106 Å². The molecule has 17 heavy (non-hydrogen) atoms. The second-order valence-electron chi connectivity index (χ2n) is 5.84. The molecule has 0 radical (unpaired) electrons. The third-order valence-corrected chi connectivity index (χ3v) is 4.14. The Morgan fingerprint density at radius 2 is 1.82 bits per heavy atom. The van der Waals surface area contributed by atoms with E-state index in [1.165, 1.54) is 51.4 Å². The second kappa shape index (κ2) is 6.55. The molecule has 0 aromatic carbocycles. The first-order valence-corrected chi connectivity index (χ1v) is 7.36. The molecule has 0 spiro atoms. The number of allylic oxidation sites excluding steroid dienone is 1. The van der Waals surface area contributed by atoms with Gasteiger partial charge in [-0.25, -0.2) is 0 Å². The van der Waals surface area contributed by atoms with Gasteiger partial charge in [-0.15, -0.1) is 0 Å². The van der Waals surface area contributed by atoms with Crippen LogP contribution in [0.1, 0.15) is 64.2 Å². The lowest BCUT2D eigenvalue weighted by Gasteiger charge is -2.34. The van der Waals surface area contributed by atoms with E-state index in [0.717, 1.165) is 19.4 Å². The van der Waals surface area contributed by atoms with Gasteiger partial charge in [-0.05, 0) is 32.1 Å². The fourth-order valence-corrected chi connectivity index (χ4v) is 2.94. The monoisotopic (exact) mass is 237 g/mol. The fraction of sp³-hybridized carbons (Fsp3) is 0.867. The molecule has 2 aliphatic carbocycles. The highest BCUT2D eigenvalue weighted by atomic mass is 16.5. The molecule has 0 aromatic rings. The third kappa shape index (κ3) is 4.44. The summed E-state index contributed by atoms with van der Waals surface area (Å²) in [6.07, 6.45) is 17.4. The molecule has 2 N–H and O–H groups in total. The van der Waals surface area contributed by atoms with E-state index in [9.17, 15) is 0 Å². The van der Waals surface area contributed by atoms with Crippen molar-refractivity contribution in [1.29, 1.82) is 0 Å². The largest absolute Gasteiger partial charge is 0.372 e. The van der Waals surface area contributed by atoms with Gasteiger partial charge in [0.2, 0.25) is 0 Å². The standard InChI is InChI=1S/C15H27NO/c16-15(11-7-4-8-12-15)13-17-14-9-5-2-1-3-6-10-14/h5,9,14H,1-4,6-8,10-13,16H2/b9-5+. The van der Waals surface area contributed by atoms with Crippen molar-refractivity contribution in [3.8, 4) is 0 Å². The fourth-order valence-electron chi connectivity index (χ4n) is 2.94. The molecule has 98 valence electrons. The molecular weight excluding hydrogens is 210 g/mol. The Morgan fingerprint density at radius 3 is 2.65 bits per heavy atom. The summed E-state index contributed by atoms with van der Waals surface area (Å²) in [6, 6.07) is 0. The van der Waals surface area contributed by atoms with Crippen molar-refractivity contribution in [2.75, 3.05) is 6.61 Å². The Balaban J connectivity index is 1.77. The first kappa shape index (κ1) is 13.1. The van der Waals surface area contributed by atoms with Gasteiger partial charge in [0.05, 0.1) is 12.7 Å². The molecule has 2 aliphatic rings. The predicted molar refractivity (Wildman–Crippen MR) is 72.0 cm³/mol. The van der Waals surface area contributed by atoms with Crippen LogP contribution in [0.2, 0.25) is 0 Å². The van der Waals surface area contributed by atoms with Crippen LogP contribution in [0.25, 0.3) is 0 Å². The maximum Gasteiger partial charge on any atom is 0.0756 e. The van der Waals surface area contributed by atoms with Crippen LogP contribution in [0.15, 0.2) is 12.2 Å². The second-order valence-corrected chi connectivity index (χ2v) is 5.84.